The number of phenols is 1. The highest BCUT2D eigenvalue weighted by molar-refractivity contribution is 6.01. The van der Waals surface area contributed by atoms with Crippen LogP contribution in [0.4, 0.5) is 0 Å². The van der Waals surface area contributed by atoms with Gasteiger partial charge in [-0.05, 0) is 23.8 Å². The molecule has 0 saturated carbocycles. The summed E-state index contributed by atoms with van der Waals surface area (Å²) in [5.74, 6) is 0.360. The van der Waals surface area contributed by atoms with E-state index in [0.717, 1.165) is 5.56 Å². The van der Waals surface area contributed by atoms with Crippen molar-refractivity contribution in [1.29, 1.82) is 0 Å². The Morgan fingerprint density at radius 3 is 2.58 bits per heavy atom. The van der Waals surface area contributed by atoms with Crippen LogP contribution >= 0.6 is 0 Å². The molecule has 0 bridgehead atoms. The van der Waals surface area contributed by atoms with Gasteiger partial charge >= 0.3 is 0 Å². The van der Waals surface area contributed by atoms with Crippen molar-refractivity contribution in [2.45, 2.75) is 13.0 Å². The lowest BCUT2D eigenvalue weighted by Crippen LogP contribution is -2.29. The summed E-state index contributed by atoms with van der Waals surface area (Å²) in [5, 5.41) is 9.47. The third kappa shape index (κ3) is 1.97. The van der Waals surface area contributed by atoms with E-state index in [1.165, 1.54) is 12.1 Å². The molecule has 2 atom stereocenters. The van der Waals surface area contributed by atoms with E-state index in [4.69, 9.17) is 4.74 Å². The summed E-state index contributed by atoms with van der Waals surface area (Å²) in [6.07, 6.45) is -0.272. The monoisotopic (exact) mass is 254 g/mol. The standard InChI is InChI=1S/C16H14O3/c1-10-15(18)13-9-12(17)7-8-14(13)19-16(10)11-5-3-2-4-6-11/h2-10,16-17H,1H3/t10-,16+/m1/s1. The fourth-order valence-electron chi connectivity index (χ4n) is 2.43. The molecule has 1 heterocycles. The molecule has 1 aliphatic rings. The fraction of sp³-hybridized carbons (Fsp3) is 0.188. The van der Waals surface area contributed by atoms with E-state index in [2.05, 4.69) is 0 Å². The van der Waals surface area contributed by atoms with E-state index in [0.29, 0.717) is 11.3 Å². The van der Waals surface area contributed by atoms with Gasteiger partial charge in [-0.3, -0.25) is 4.79 Å². The maximum Gasteiger partial charge on any atom is 0.173 e. The molecule has 2 aromatic carbocycles. The van der Waals surface area contributed by atoms with Gasteiger partial charge < -0.3 is 9.84 Å². The minimum atomic E-state index is -0.272. The zero-order valence-corrected chi connectivity index (χ0v) is 10.5. The maximum absolute atomic E-state index is 12.4. The number of hydrogen-bond donors (Lipinski definition) is 1. The van der Waals surface area contributed by atoms with Gasteiger partial charge in [0.25, 0.3) is 0 Å². The van der Waals surface area contributed by atoms with Gasteiger partial charge in [-0.15, -0.1) is 0 Å². The zero-order valence-electron chi connectivity index (χ0n) is 10.5. The average Bonchev–Trinajstić information content (AvgIpc) is 2.44. The van der Waals surface area contributed by atoms with Crippen molar-refractivity contribution in [2.24, 2.45) is 5.92 Å². The Labute approximate surface area is 111 Å². The third-order valence-corrected chi connectivity index (χ3v) is 3.48. The van der Waals surface area contributed by atoms with Crippen molar-refractivity contribution in [3.8, 4) is 11.5 Å². The number of ketones is 1. The predicted molar refractivity (Wildman–Crippen MR) is 71.4 cm³/mol. The Kier molecular flexibility index (Phi) is 2.75. The fourth-order valence-corrected chi connectivity index (χ4v) is 2.43. The second kappa shape index (κ2) is 4.43. The minimum absolute atomic E-state index is 0.00556. The molecular weight excluding hydrogens is 240 g/mol. The molecule has 1 aliphatic heterocycles. The first kappa shape index (κ1) is 11.8. The number of aromatic hydroxyl groups is 1. The summed E-state index contributed by atoms with van der Waals surface area (Å²) in [7, 11) is 0. The first-order valence-electron chi connectivity index (χ1n) is 6.25. The van der Waals surface area contributed by atoms with Gasteiger partial charge in [0.1, 0.15) is 17.6 Å². The van der Waals surface area contributed by atoms with Crippen LogP contribution in [0.15, 0.2) is 48.5 Å². The molecule has 0 spiro atoms. The Hall–Kier alpha value is -2.29. The van der Waals surface area contributed by atoms with E-state index in [-0.39, 0.29) is 23.6 Å². The van der Waals surface area contributed by atoms with Crippen LogP contribution in [-0.2, 0) is 0 Å². The molecule has 0 amide bonds. The number of Topliss-reactive ketones (excluding diaryl/α,β-unsaturated/α-hetero) is 1. The molecule has 0 radical (unpaired) electrons. The van der Waals surface area contributed by atoms with Gasteiger partial charge in [0, 0.05) is 0 Å². The molecule has 96 valence electrons. The molecule has 3 heteroatoms. The summed E-state index contributed by atoms with van der Waals surface area (Å²) in [5.41, 5.74) is 1.45. The molecule has 19 heavy (non-hydrogen) atoms. The number of carbonyl (C=O) groups is 1. The number of rotatable bonds is 1. The van der Waals surface area contributed by atoms with Crippen LogP contribution in [0.2, 0.25) is 0 Å². The lowest BCUT2D eigenvalue weighted by atomic mass is 9.87. The SMILES string of the molecule is C[C@@H]1C(=O)c2cc(O)ccc2O[C@@H]1c1ccccc1. The number of benzene rings is 2. The van der Waals surface area contributed by atoms with Crippen molar-refractivity contribution in [2.75, 3.05) is 0 Å². The molecule has 0 saturated heterocycles. The lowest BCUT2D eigenvalue weighted by Gasteiger charge is -2.30. The van der Waals surface area contributed by atoms with Crippen molar-refractivity contribution >= 4 is 5.78 Å². The second-order valence-electron chi connectivity index (χ2n) is 4.78. The van der Waals surface area contributed by atoms with Gasteiger partial charge in [0.15, 0.2) is 5.78 Å². The number of fused-ring (bicyclic) bond motifs is 1. The number of ether oxygens (including phenoxy) is 1. The highest BCUT2D eigenvalue weighted by Crippen LogP contribution is 2.39. The second-order valence-corrected chi connectivity index (χ2v) is 4.78. The average molecular weight is 254 g/mol. The van der Waals surface area contributed by atoms with Crippen LogP contribution in [-0.4, -0.2) is 10.9 Å². The molecular formula is C16H14O3. The van der Waals surface area contributed by atoms with Crippen molar-refractivity contribution in [1.82, 2.24) is 0 Å². The summed E-state index contributed by atoms with van der Waals surface area (Å²) < 4.78 is 5.92. The molecule has 3 nitrogen and oxygen atoms in total. The predicted octanol–water partition coefficient (Wildman–Crippen LogP) is 3.34. The van der Waals surface area contributed by atoms with Gasteiger partial charge in [-0.1, -0.05) is 37.3 Å². The number of phenolic OH excluding ortho intramolecular Hbond substituents is 1. The van der Waals surface area contributed by atoms with Crippen molar-refractivity contribution in [3.63, 3.8) is 0 Å². The van der Waals surface area contributed by atoms with E-state index in [9.17, 15) is 9.90 Å². The molecule has 0 aliphatic carbocycles. The molecule has 2 aromatic rings. The normalized spacial score (nSPS) is 21.6. The highest BCUT2D eigenvalue weighted by atomic mass is 16.5. The van der Waals surface area contributed by atoms with Crippen LogP contribution in [0.3, 0.4) is 0 Å². The molecule has 1 N–H and O–H groups in total. The van der Waals surface area contributed by atoms with E-state index in [1.54, 1.807) is 6.07 Å². The first-order valence-corrected chi connectivity index (χ1v) is 6.25. The Bertz CT molecular complexity index is 619. The van der Waals surface area contributed by atoms with E-state index in [1.807, 2.05) is 37.3 Å². The van der Waals surface area contributed by atoms with Gasteiger partial charge in [0.05, 0.1) is 11.5 Å². The van der Waals surface area contributed by atoms with Crippen LogP contribution < -0.4 is 4.74 Å². The summed E-state index contributed by atoms with van der Waals surface area (Å²) in [4.78, 5) is 12.4. The first-order chi connectivity index (χ1) is 9.16. The number of hydrogen-bond acceptors (Lipinski definition) is 3. The van der Waals surface area contributed by atoms with Crippen LogP contribution in [0, 0.1) is 5.92 Å². The van der Waals surface area contributed by atoms with Crippen molar-refractivity contribution < 1.29 is 14.6 Å². The van der Waals surface area contributed by atoms with Crippen LogP contribution in [0.5, 0.6) is 11.5 Å². The van der Waals surface area contributed by atoms with Gasteiger partial charge in [-0.2, -0.15) is 0 Å². The molecule has 0 fully saturated rings. The van der Waals surface area contributed by atoms with Crippen LogP contribution in [0.25, 0.3) is 0 Å². The summed E-state index contributed by atoms with van der Waals surface area (Å²) in [6, 6.07) is 14.4. The maximum atomic E-state index is 12.4. The Balaban J connectivity index is 2.04. The van der Waals surface area contributed by atoms with Gasteiger partial charge in [-0.25, -0.2) is 0 Å². The zero-order chi connectivity index (χ0) is 13.4. The van der Waals surface area contributed by atoms with Gasteiger partial charge in [0.2, 0.25) is 0 Å². The molecule has 0 aromatic heterocycles. The topological polar surface area (TPSA) is 46.5 Å². The number of carbonyl (C=O) groups excluding carboxylic acids is 1. The lowest BCUT2D eigenvalue weighted by molar-refractivity contribution is 0.0689. The highest BCUT2D eigenvalue weighted by Gasteiger charge is 2.35. The largest absolute Gasteiger partial charge is 0.508 e. The minimum Gasteiger partial charge on any atom is -0.508 e. The summed E-state index contributed by atoms with van der Waals surface area (Å²) in [6.45, 7) is 1.85. The third-order valence-electron chi connectivity index (χ3n) is 3.48. The van der Waals surface area contributed by atoms with Crippen LogP contribution in [0.1, 0.15) is 28.9 Å². The van der Waals surface area contributed by atoms with Crippen molar-refractivity contribution in [3.05, 3.63) is 59.7 Å². The van der Waals surface area contributed by atoms with E-state index >= 15 is 0 Å². The Morgan fingerprint density at radius 1 is 1.11 bits per heavy atom. The quantitative estimate of drug-likeness (QED) is 0.849. The smallest absolute Gasteiger partial charge is 0.173 e. The Morgan fingerprint density at radius 2 is 1.84 bits per heavy atom. The summed E-state index contributed by atoms with van der Waals surface area (Å²) >= 11 is 0. The van der Waals surface area contributed by atoms with E-state index < -0.39 is 0 Å². The molecule has 0 unspecified atom stereocenters. The molecule has 3 rings (SSSR count).